The summed E-state index contributed by atoms with van der Waals surface area (Å²) in [5, 5.41) is 19.6. The van der Waals surface area contributed by atoms with E-state index in [-0.39, 0.29) is 50.7 Å². The quantitative estimate of drug-likeness (QED) is 0.246. The lowest BCUT2D eigenvalue weighted by molar-refractivity contribution is -0.0909. The van der Waals surface area contributed by atoms with Crippen LogP contribution >= 0.6 is 0 Å². The van der Waals surface area contributed by atoms with Gasteiger partial charge in [0, 0.05) is 25.3 Å². The number of aliphatic hydroxyl groups is 1. The summed E-state index contributed by atoms with van der Waals surface area (Å²) in [7, 11) is 0. The van der Waals surface area contributed by atoms with E-state index in [4.69, 9.17) is 28.4 Å². The average Bonchev–Trinajstić information content (AvgIpc) is 3.92. The molecule has 2 aromatic carbocycles. The largest absolute Gasteiger partial charge is 0.443 e. The number of fused-ring (bicyclic) bond motifs is 2. The topological polar surface area (TPSA) is 149 Å². The van der Waals surface area contributed by atoms with Crippen molar-refractivity contribution in [1.82, 2.24) is 21.1 Å². The lowest BCUT2D eigenvalue weighted by Crippen LogP contribution is -2.54. The van der Waals surface area contributed by atoms with E-state index >= 15 is 0 Å². The molecule has 5 aliphatic rings. The zero-order valence-electron chi connectivity index (χ0n) is 27.3. The highest BCUT2D eigenvalue weighted by Gasteiger charge is 2.45. The molecule has 7 rings (SSSR count). The van der Waals surface area contributed by atoms with Crippen LogP contribution in [0.5, 0.6) is 0 Å². The van der Waals surface area contributed by atoms with Gasteiger partial charge in [0.25, 0.3) is 0 Å². The average molecular weight is 677 g/mol. The Morgan fingerprint density at radius 3 is 2.20 bits per heavy atom. The van der Waals surface area contributed by atoms with E-state index in [1.54, 1.807) is 5.01 Å². The van der Waals surface area contributed by atoms with Gasteiger partial charge in [0.05, 0.1) is 50.4 Å². The third-order valence-electron chi connectivity index (χ3n) is 9.66. The van der Waals surface area contributed by atoms with Gasteiger partial charge < -0.3 is 44.2 Å². The second-order valence-electron chi connectivity index (χ2n) is 13.0. The Balaban J connectivity index is 1.05. The van der Waals surface area contributed by atoms with Crippen LogP contribution in [0.25, 0.3) is 5.70 Å². The minimum absolute atomic E-state index is 0.0154. The van der Waals surface area contributed by atoms with Gasteiger partial charge in [-0.05, 0) is 42.0 Å². The van der Waals surface area contributed by atoms with Crippen LogP contribution in [0.1, 0.15) is 29.5 Å². The van der Waals surface area contributed by atoms with Gasteiger partial charge in [-0.3, -0.25) is 5.43 Å². The molecule has 5 aliphatic heterocycles. The molecule has 8 atom stereocenters. The first kappa shape index (κ1) is 33.5. The van der Waals surface area contributed by atoms with Crippen molar-refractivity contribution in [1.29, 1.82) is 0 Å². The number of alkyl carbamates (subject to hydrolysis) is 1. The first-order valence-corrected chi connectivity index (χ1v) is 17.1. The van der Waals surface area contributed by atoms with E-state index in [0.717, 1.165) is 41.8 Å². The second-order valence-corrected chi connectivity index (χ2v) is 13.0. The highest BCUT2D eigenvalue weighted by atomic mass is 16.7. The van der Waals surface area contributed by atoms with Crippen molar-refractivity contribution in [2.45, 2.75) is 62.7 Å². The highest BCUT2D eigenvalue weighted by molar-refractivity contribution is 5.68. The van der Waals surface area contributed by atoms with E-state index in [1.165, 1.54) is 0 Å². The molecule has 4 saturated heterocycles. The number of aliphatic hydroxyl groups excluding tert-OH is 1. The fraction of sp³-hybridized carbons (Fsp3) is 0.500. The molecule has 5 heterocycles. The van der Waals surface area contributed by atoms with E-state index in [0.29, 0.717) is 19.6 Å². The van der Waals surface area contributed by atoms with Crippen LogP contribution in [0.4, 0.5) is 9.59 Å². The molecule has 2 aromatic rings. The molecule has 0 aromatic heterocycles. The Hall–Kier alpha value is -3.98. The number of carbonyl (C=O) groups is 2. The maximum Gasteiger partial charge on any atom is 0.422 e. The SMILES string of the molecule is O=C(NC(Cc1ccccc1)C(O)CN(Cc1ccc(C2=CC=CCN2)cc1)NC(=O)OC1COC2OCCC12)OC1COC2OCCC12. The summed E-state index contributed by atoms with van der Waals surface area (Å²) in [6, 6.07) is 16.8. The Bertz CT molecular complexity index is 1490. The van der Waals surface area contributed by atoms with E-state index < -0.39 is 36.5 Å². The van der Waals surface area contributed by atoms with Crippen LogP contribution < -0.4 is 16.1 Å². The molecule has 13 heteroatoms. The fourth-order valence-electron chi connectivity index (χ4n) is 7.03. The number of hydrogen-bond acceptors (Lipinski definition) is 11. The molecule has 13 nitrogen and oxygen atoms in total. The van der Waals surface area contributed by atoms with Gasteiger partial charge in [-0.25, -0.2) is 14.6 Å². The van der Waals surface area contributed by atoms with Gasteiger partial charge >= 0.3 is 12.2 Å². The first-order chi connectivity index (χ1) is 24.0. The number of carbonyl (C=O) groups excluding carboxylic acids is 2. The first-order valence-electron chi connectivity index (χ1n) is 17.1. The van der Waals surface area contributed by atoms with Crippen LogP contribution in [0.2, 0.25) is 0 Å². The lowest BCUT2D eigenvalue weighted by atomic mass is 10.0. The summed E-state index contributed by atoms with van der Waals surface area (Å²) >= 11 is 0. The number of amides is 2. The normalized spacial score (nSPS) is 28.2. The summed E-state index contributed by atoms with van der Waals surface area (Å²) < 4.78 is 34.0. The number of benzene rings is 2. The summed E-state index contributed by atoms with van der Waals surface area (Å²) in [6.07, 6.45) is 3.94. The van der Waals surface area contributed by atoms with Gasteiger partial charge in [0.2, 0.25) is 0 Å². The molecule has 0 radical (unpaired) electrons. The van der Waals surface area contributed by atoms with Crippen molar-refractivity contribution in [3.05, 3.63) is 89.5 Å². The third-order valence-corrected chi connectivity index (χ3v) is 9.66. The second kappa shape index (κ2) is 15.7. The number of rotatable bonds is 12. The minimum atomic E-state index is -1.11. The minimum Gasteiger partial charge on any atom is -0.443 e. The Morgan fingerprint density at radius 1 is 0.878 bits per heavy atom. The number of nitrogens with one attached hydrogen (secondary N) is 3. The van der Waals surface area contributed by atoms with Crippen LogP contribution in [-0.4, -0.2) is 98.8 Å². The van der Waals surface area contributed by atoms with Gasteiger partial charge in [-0.2, -0.15) is 0 Å². The number of hydrazine groups is 1. The van der Waals surface area contributed by atoms with Crippen molar-refractivity contribution in [2.24, 2.45) is 11.8 Å². The molecular weight excluding hydrogens is 632 g/mol. The molecule has 0 spiro atoms. The van der Waals surface area contributed by atoms with Crippen LogP contribution in [0.3, 0.4) is 0 Å². The number of dihydropyridines is 1. The fourth-order valence-corrected chi connectivity index (χ4v) is 7.03. The molecule has 0 aliphatic carbocycles. The lowest BCUT2D eigenvalue weighted by Gasteiger charge is -2.31. The summed E-state index contributed by atoms with van der Waals surface area (Å²) in [4.78, 5) is 26.5. The Morgan fingerprint density at radius 2 is 1.55 bits per heavy atom. The number of hydrogen-bond donors (Lipinski definition) is 4. The van der Waals surface area contributed by atoms with E-state index in [1.807, 2.05) is 72.8 Å². The van der Waals surface area contributed by atoms with Gasteiger partial charge in [0.15, 0.2) is 12.6 Å². The smallest absolute Gasteiger partial charge is 0.422 e. The monoisotopic (exact) mass is 676 g/mol. The van der Waals surface area contributed by atoms with Crippen molar-refractivity contribution in [2.75, 3.05) is 39.5 Å². The highest BCUT2D eigenvalue weighted by Crippen LogP contribution is 2.34. The van der Waals surface area contributed by atoms with Crippen LogP contribution in [-0.2, 0) is 41.4 Å². The standard InChI is InChI=1S/C36H44N4O9/c41-30(29(18-23-6-2-1-3-7-23)38-35(42)48-31-21-46-33-26(31)13-16-44-33)20-40(39-36(43)49-32-22-47-34-27(32)14-17-45-34)19-24-9-11-25(12-10-24)28-8-4-5-15-37-28/h1-12,26-27,29-34,37,41H,13-22H2,(H,38,42)(H,39,43). The van der Waals surface area contributed by atoms with Crippen molar-refractivity contribution >= 4 is 17.9 Å². The van der Waals surface area contributed by atoms with Gasteiger partial charge in [-0.1, -0.05) is 66.7 Å². The molecule has 8 unspecified atom stereocenters. The molecule has 2 amide bonds. The van der Waals surface area contributed by atoms with Gasteiger partial charge in [0.1, 0.15) is 12.2 Å². The van der Waals surface area contributed by atoms with Crippen molar-refractivity contribution in [3.63, 3.8) is 0 Å². The number of allylic oxidation sites excluding steroid dienone is 2. The third kappa shape index (κ3) is 8.43. The summed E-state index contributed by atoms with van der Waals surface area (Å²) in [5.41, 5.74) is 6.73. The van der Waals surface area contributed by atoms with E-state index in [2.05, 4.69) is 16.1 Å². The number of nitrogens with zero attached hydrogens (tertiary/aromatic N) is 1. The molecule has 0 saturated carbocycles. The molecule has 4 fully saturated rings. The predicted octanol–water partition coefficient (Wildman–Crippen LogP) is 2.85. The van der Waals surface area contributed by atoms with E-state index in [9.17, 15) is 14.7 Å². The predicted molar refractivity (Wildman–Crippen MR) is 176 cm³/mol. The molecule has 262 valence electrons. The van der Waals surface area contributed by atoms with Crippen molar-refractivity contribution in [3.8, 4) is 0 Å². The summed E-state index contributed by atoms with van der Waals surface area (Å²) in [6.45, 7) is 2.66. The molecule has 49 heavy (non-hydrogen) atoms. The van der Waals surface area contributed by atoms with Gasteiger partial charge in [-0.15, -0.1) is 0 Å². The zero-order chi connectivity index (χ0) is 33.6. The Labute approximate surface area is 285 Å². The molecule has 4 N–H and O–H groups in total. The maximum atomic E-state index is 13.3. The van der Waals surface area contributed by atoms with Crippen LogP contribution in [0.15, 0.2) is 72.8 Å². The summed E-state index contributed by atoms with van der Waals surface area (Å²) in [5.74, 6) is -0.0324. The Kier molecular flexibility index (Phi) is 10.7. The van der Waals surface area contributed by atoms with Crippen molar-refractivity contribution < 1.29 is 43.1 Å². The maximum absolute atomic E-state index is 13.3. The van der Waals surface area contributed by atoms with Crippen LogP contribution in [0, 0.1) is 11.8 Å². The molecule has 0 bridgehead atoms. The number of ether oxygens (including phenoxy) is 6. The zero-order valence-corrected chi connectivity index (χ0v) is 27.3. The molecular formula is C36H44N4O9.